The number of rotatable bonds is 2. The van der Waals surface area contributed by atoms with Gasteiger partial charge in [-0.1, -0.05) is 40.3 Å². The number of aromatic hydroxyl groups is 1. The van der Waals surface area contributed by atoms with Crippen LogP contribution in [-0.2, 0) is 0 Å². The first-order chi connectivity index (χ1) is 10.6. The van der Waals surface area contributed by atoms with E-state index in [0.29, 0.717) is 16.7 Å². The molecule has 0 aliphatic carbocycles. The summed E-state index contributed by atoms with van der Waals surface area (Å²) in [5.41, 5.74) is 0.308. The summed E-state index contributed by atoms with van der Waals surface area (Å²) in [6, 6.07) is 14.0. The van der Waals surface area contributed by atoms with Gasteiger partial charge in [-0.25, -0.2) is 4.79 Å². The summed E-state index contributed by atoms with van der Waals surface area (Å²) in [5, 5.41) is 13.7. The number of fused-ring (bicyclic) bond motifs is 1. The largest absolute Gasteiger partial charge is 0.506 e. The van der Waals surface area contributed by atoms with Crippen molar-refractivity contribution in [2.75, 3.05) is 5.32 Å². The van der Waals surface area contributed by atoms with E-state index in [4.69, 9.17) is 16.6 Å². The SMILES string of the molecule is O=c1oc2ccccc2c(O)c1C(=S)Nc1ccc(Br)cc1. The van der Waals surface area contributed by atoms with Crippen molar-refractivity contribution >= 4 is 49.8 Å². The first-order valence-corrected chi connectivity index (χ1v) is 7.58. The zero-order chi connectivity index (χ0) is 15.7. The van der Waals surface area contributed by atoms with Gasteiger partial charge in [0.05, 0.1) is 5.39 Å². The van der Waals surface area contributed by atoms with Gasteiger partial charge < -0.3 is 14.8 Å². The number of para-hydroxylation sites is 1. The molecule has 110 valence electrons. The van der Waals surface area contributed by atoms with Crippen LogP contribution in [0.5, 0.6) is 5.75 Å². The maximum Gasteiger partial charge on any atom is 0.350 e. The Kier molecular flexibility index (Phi) is 3.96. The molecule has 0 saturated carbocycles. The Morgan fingerprint density at radius 1 is 1.14 bits per heavy atom. The second kappa shape index (κ2) is 5.90. The molecular formula is C16H10BrNO3S. The molecule has 0 fully saturated rings. The fourth-order valence-corrected chi connectivity index (χ4v) is 2.62. The van der Waals surface area contributed by atoms with E-state index in [1.165, 1.54) is 0 Å². The predicted octanol–water partition coefficient (Wildman–Crippen LogP) is 4.05. The smallest absolute Gasteiger partial charge is 0.350 e. The Labute approximate surface area is 139 Å². The van der Waals surface area contributed by atoms with Crippen LogP contribution in [0.1, 0.15) is 5.56 Å². The Balaban J connectivity index is 2.04. The highest BCUT2D eigenvalue weighted by molar-refractivity contribution is 9.10. The van der Waals surface area contributed by atoms with Crippen molar-refractivity contribution in [2.45, 2.75) is 0 Å². The van der Waals surface area contributed by atoms with Crippen LogP contribution in [0.25, 0.3) is 11.0 Å². The first-order valence-electron chi connectivity index (χ1n) is 6.38. The first kappa shape index (κ1) is 14.7. The molecule has 2 N–H and O–H groups in total. The van der Waals surface area contributed by atoms with Gasteiger partial charge in [0.2, 0.25) is 0 Å². The van der Waals surface area contributed by atoms with Crippen molar-refractivity contribution in [3.8, 4) is 5.75 Å². The molecule has 1 heterocycles. The van der Waals surface area contributed by atoms with Crippen molar-refractivity contribution < 1.29 is 9.52 Å². The standard InChI is InChI=1S/C16H10BrNO3S/c17-9-5-7-10(8-6-9)18-15(22)13-14(19)11-3-1-2-4-12(11)21-16(13)20/h1-8,19H,(H,18,22). The van der Waals surface area contributed by atoms with Crippen LogP contribution in [-0.4, -0.2) is 10.1 Å². The lowest BCUT2D eigenvalue weighted by molar-refractivity contribution is 0.466. The van der Waals surface area contributed by atoms with E-state index in [-0.39, 0.29) is 16.3 Å². The lowest BCUT2D eigenvalue weighted by Gasteiger charge is -2.10. The number of thiocarbonyl (C=S) groups is 1. The minimum atomic E-state index is -0.675. The average Bonchev–Trinajstić information content (AvgIpc) is 2.49. The zero-order valence-corrected chi connectivity index (χ0v) is 13.6. The molecule has 0 radical (unpaired) electrons. The molecular weight excluding hydrogens is 366 g/mol. The quantitative estimate of drug-likeness (QED) is 0.522. The molecule has 6 heteroatoms. The number of anilines is 1. The number of benzene rings is 2. The Bertz CT molecular complexity index is 919. The van der Waals surface area contributed by atoms with Crippen LogP contribution < -0.4 is 10.9 Å². The van der Waals surface area contributed by atoms with Crippen molar-refractivity contribution in [2.24, 2.45) is 0 Å². The van der Waals surface area contributed by atoms with Crippen molar-refractivity contribution in [3.05, 3.63) is 69.0 Å². The summed E-state index contributed by atoms with van der Waals surface area (Å²) in [4.78, 5) is 12.2. The minimum absolute atomic E-state index is 0.0448. The number of nitrogens with one attached hydrogen (secondary N) is 1. The third-order valence-corrected chi connectivity index (χ3v) is 3.95. The Morgan fingerprint density at radius 2 is 1.82 bits per heavy atom. The summed E-state index contributed by atoms with van der Waals surface area (Å²) < 4.78 is 6.13. The molecule has 1 aromatic heterocycles. The molecule has 2 aromatic carbocycles. The molecule has 0 aliphatic heterocycles. The van der Waals surface area contributed by atoms with Crippen LogP contribution >= 0.6 is 28.1 Å². The molecule has 0 unspecified atom stereocenters. The molecule has 3 rings (SSSR count). The predicted molar refractivity (Wildman–Crippen MR) is 93.6 cm³/mol. The van der Waals surface area contributed by atoms with E-state index in [1.807, 2.05) is 12.1 Å². The van der Waals surface area contributed by atoms with Gasteiger partial charge in [-0.05, 0) is 36.4 Å². The monoisotopic (exact) mass is 375 g/mol. The summed E-state index contributed by atoms with van der Waals surface area (Å²) in [7, 11) is 0. The minimum Gasteiger partial charge on any atom is -0.506 e. The van der Waals surface area contributed by atoms with Crippen LogP contribution in [0.15, 0.2) is 62.2 Å². The van der Waals surface area contributed by atoms with Crippen molar-refractivity contribution in [3.63, 3.8) is 0 Å². The molecule has 0 bridgehead atoms. The fourth-order valence-electron chi connectivity index (χ4n) is 2.06. The highest BCUT2D eigenvalue weighted by Gasteiger charge is 2.17. The number of hydrogen-bond donors (Lipinski definition) is 2. The van der Waals surface area contributed by atoms with Gasteiger partial charge in [0.25, 0.3) is 0 Å². The lowest BCUT2D eigenvalue weighted by Crippen LogP contribution is -2.20. The summed E-state index contributed by atoms with van der Waals surface area (Å²) in [5.74, 6) is -0.179. The second-order valence-electron chi connectivity index (χ2n) is 4.57. The molecule has 22 heavy (non-hydrogen) atoms. The van der Waals surface area contributed by atoms with E-state index in [9.17, 15) is 9.90 Å². The van der Waals surface area contributed by atoms with Crippen LogP contribution in [0.2, 0.25) is 0 Å². The molecule has 0 amide bonds. The Morgan fingerprint density at radius 3 is 2.55 bits per heavy atom. The highest BCUT2D eigenvalue weighted by Crippen LogP contribution is 2.27. The topological polar surface area (TPSA) is 62.5 Å². The van der Waals surface area contributed by atoms with Gasteiger partial charge in [0.1, 0.15) is 21.9 Å². The van der Waals surface area contributed by atoms with Gasteiger partial charge >= 0.3 is 5.63 Å². The molecule has 4 nitrogen and oxygen atoms in total. The summed E-state index contributed by atoms with van der Waals surface area (Å²) in [6.45, 7) is 0. The van der Waals surface area contributed by atoms with Crippen molar-refractivity contribution in [1.29, 1.82) is 0 Å². The average molecular weight is 376 g/mol. The van der Waals surface area contributed by atoms with E-state index >= 15 is 0 Å². The normalized spacial score (nSPS) is 10.6. The van der Waals surface area contributed by atoms with Gasteiger partial charge in [0.15, 0.2) is 0 Å². The van der Waals surface area contributed by atoms with Crippen LogP contribution in [0, 0.1) is 0 Å². The number of halogens is 1. The molecule has 0 saturated heterocycles. The third-order valence-electron chi connectivity index (χ3n) is 3.11. The number of hydrogen-bond acceptors (Lipinski definition) is 4. The van der Waals surface area contributed by atoms with Gasteiger partial charge in [0, 0.05) is 10.2 Å². The lowest BCUT2D eigenvalue weighted by atomic mass is 10.1. The van der Waals surface area contributed by atoms with Crippen LogP contribution in [0.4, 0.5) is 5.69 Å². The van der Waals surface area contributed by atoms with Crippen molar-refractivity contribution in [1.82, 2.24) is 0 Å². The summed E-state index contributed by atoms with van der Waals surface area (Å²) >= 11 is 8.57. The van der Waals surface area contributed by atoms with E-state index in [0.717, 1.165) is 4.47 Å². The fraction of sp³-hybridized carbons (Fsp3) is 0. The van der Waals surface area contributed by atoms with E-state index in [2.05, 4.69) is 21.2 Å². The molecule has 3 aromatic rings. The van der Waals surface area contributed by atoms with Gasteiger partial charge in [-0.2, -0.15) is 0 Å². The molecule has 0 aliphatic rings. The summed E-state index contributed by atoms with van der Waals surface area (Å²) in [6.07, 6.45) is 0. The maximum atomic E-state index is 12.1. The van der Waals surface area contributed by atoms with Crippen LogP contribution in [0.3, 0.4) is 0 Å². The third kappa shape index (κ3) is 2.75. The maximum absolute atomic E-state index is 12.1. The van der Waals surface area contributed by atoms with E-state index < -0.39 is 5.63 Å². The highest BCUT2D eigenvalue weighted by atomic mass is 79.9. The van der Waals surface area contributed by atoms with Gasteiger partial charge in [-0.3, -0.25) is 0 Å². The Hall–Kier alpha value is -2.18. The van der Waals surface area contributed by atoms with E-state index in [1.54, 1.807) is 36.4 Å². The molecule has 0 atom stereocenters. The van der Waals surface area contributed by atoms with Gasteiger partial charge in [-0.15, -0.1) is 0 Å². The second-order valence-corrected chi connectivity index (χ2v) is 5.89. The zero-order valence-electron chi connectivity index (χ0n) is 11.2. The molecule has 0 spiro atoms.